The molecular formula is C21H18N2O3. The highest BCUT2D eigenvalue weighted by Gasteiger charge is 2.13. The van der Waals surface area contributed by atoms with Gasteiger partial charge >= 0.3 is 0 Å². The summed E-state index contributed by atoms with van der Waals surface area (Å²) in [6, 6.07) is 21.3. The van der Waals surface area contributed by atoms with Crippen LogP contribution in [0.3, 0.4) is 0 Å². The summed E-state index contributed by atoms with van der Waals surface area (Å²) in [4.78, 5) is 10.6. The van der Waals surface area contributed by atoms with Crippen LogP contribution in [-0.4, -0.2) is 23.2 Å². The van der Waals surface area contributed by atoms with E-state index in [1.807, 2.05) is 12.1 Å². The number of nitro groups is 1. The van der Waals surface area contributed by atoms with Gasteiger partial charge in [-0.2, -0.15) is 0 Å². The molecule has 26 heavy (non-hydrogen) atoms. The zero-order valence-corrected chi connectivity index (χ0v) is 14.4. The Balaban J connectivity index is 1.93. The van der Waals surface area contributed by atoms with E-state index in [9.17, 15) is 10.1 Å². The number of hydrogen-bond donors (Lipinski definition) is 0. The normalized spacial score (nSPS) is 11.3. The molecule has 4 rings (SSSR count). The highest BCUT2D eigenvalue weighted by Crippen LogP contribution is 2.33. The first kappa shape index (κ1) is 16.3. The number of hydrogen-bond acceptors (Lipinski definition) is 3. The van der Waals surface area contributed by atoms with Gasteiger partial charge in [-0.3, -0.25) is 10.1 Å². The van der Waals surface area contributed by atoms with E-state index in [1.54, 1.807) is 31.4 Å². The SMILES string of the molecule is COCCc1ccc2c(c1)c1ccccc1n2-c1ccc([N+](=O)[O-])cc1. The Bertz CT molecular complexity index is 1100. The molecule has 0 unspecified atom stereocenters. The topological polar surface area (TPSA) is 57.3 Å². The first-order valence-electron chi connectivity index (χ1n) is 8.45. The molecule has 0 aliphatic carbocycles. The fraction of sp³-hybridized carbons (Fsp3) is 0.143. The maximum Gasteiger partial charge on any atom is 0.269 e. The molecule has 0 radical (unpaired) electrons. The molecule has 4 aromatic rings. The summed E-state index contributed by atoms with van der Waals surface area (Å²) in [6.07, 6.45) is 0.865. The predicted octanol–water partition coefficient (Wildman–Crippen LogP) is 4.88. The number of ether oxygens (including phenoxy) is 1. The number of para-hydroxylation sites is 1. The Hall–Kier alpha value is -3.18. The van der Waals surface area contributed by atoms with Crippen LogP contribution >= 0.6 is 0 Å². The molecule has 3 aromatic carbocycles. The fourth-order valence-corrected chi connectivity index (χ4v) is 3.40. The average molecular weight is 346 g/mol. The van der Waals surface area contributed by atoms with Crippen LogP contribution in [0.2, 0.25) is 0 Å². The van der Waals surface area contributed by atoms with Crippen LogP contribution in [0.15, 0.2) is 66.7 Å². The Kier molecular flexibility index (Phi) is 4.14. The summed E-state index contributed by atoms with van der Waals surface area (Å²) in [5.41, 5.74) is 4.40. The second kappa shape index (κ2) is 6.61. The van der Waals surface area contributed by atoms with E-state index in [0.29, 0.717) is 6.61 Å². The number of nitro benzene ring substituents is 1. The number of aromatic nitrogens is 1. The maximum absolute atomic E-state index is 10.9. The van der Waals surface area contributed by atoms with Crippen molar-refractivity contribution < 1.29 is 9.66 Å². The Morgan fingerprint density at radius 2 is 1.69 bits per heavy atom. The van der Waals surface area contributed by atoms with Gasteiger partial charge in [0, 0.05) is 35.7 Å². The minimum Gasteiger partial charge on any atom is -0.384 e. The molecule has 0 amide bonds. The fourth-order valence-electron chi connectivity index (χ4n) is 3.40. The first-order valence-corrected chi connectivity index (χ1v) is 8.45. The van der Waals surface area contributed by atoms with Crippen molar-refractivity contribution in [2.75, 3.05) is 13.7 Å². The van der Waals surface area contributed by atoms with E-state index in [2.05, 4.69) is 34.9 Å². The Morgan fingerprint density at radius 3 is 2.42 bits per heavy atom. The van der Waals surface area contributed by atoms with E-state index < -0.39 is 0 Å². The number of methoxy groups -OCH3 is 1. The molecule has 1 heterocycles. The molecule has 0 aliphatic rings. The van der Waals surface area contributed by atoms with Crippen LogP contribution in [0.25, 0.3) is 27.5 Å². The molecule has 0 aliphatic heterocycles. The van der Waals surface area contributed by atoms with Gasteiger partial charge in [0.05, 0.1) is 22.6 Å². The second-order valence-corrected chi connectivity index (χ2v) is 6.22. The average Bonchev–Trinajstić information content (AvgIpc) is 3.00. The third-order valence-corrected chi connectivity index (χ3v) is 4.65. The number of non-ortho nitro benzene ring substituents is 1. The molecular weight excluding hydrogens is 328 g/mol. The summed E-state index contributed by atoms with van der Waals surface area (Å²) in [5.74, 6) is 0. The second-order valence-electron chi connectivity index (χ2n) is 6.22. The molecule has 0 spiro atoms. The molecule has 0 bridgehead atoms. The highest BCUT2D eigenvalue weighted by molar-refractivity contribution is 6.09. The van der Waals surface area contributed by atoms with Crippen molar-refractivity contribution in [2.24, 2.45) is 0 Å². The van der Waals surface area contributed by atoms with E-state index in [1.165, 1.54) is 16.3 Å². The molecule has 0 atom stereocenters. The van der Waals surface area contributed by atoms with Crippen molar-refractivity contribution in [3.8, 4) is 5.69 Å². The Morgan fingerprint density at radius 1 is 0.962 bits per heavy atom. The zero-order chi connectivity index (χ0) is 18.1. The summed E-state index contributed by atoms with van der Waals surface area (Å²) < 4.78 is 7.34. The van der Waals surface area contributed by atoms with Gasteiger partial charge in [-0.15, -0.1) is 0 Å². The molecule has 5 heteroatoms. The molecule has 5 nitrogen and oxygen atoms in total. The van der Waals surface area contributed by atoms with Gasteiger partial charge in [0.1, 0.15) is 0 Å². The van der Waals surface area contributed by atoms with E-state index in [4.69, 9.17) is 4.74 Å². The molecule has 0 fully saturated rings. The lowest BCUT2D eigenvalue weighted by Gasteiger charge is -2.08. The minimum atomic E-state index is -0.377. The molecule has 0 saturated carbocycles. The van der Waals surface area contributed by atoms with Crippen molar-refractivity contribution in [2.45, 2.75) is 6.42 Å². The van der Waals surface area contributed by atoms with E-state index in [0.717, 1.165) is 23.1 Å². The van der Waals surface area contributed by atoms with Gasteiger partial charge in [-0.1, -0.05) is 24.3 Å². The van der Waals surface area contributed by atoms with Crippen LogP contribution in [0.1, 0.15) is 5.56 Å². The first-order chi connectivity index (χ1) is 12.7. The van der Waals surface area contributed by atoms with Crippen LogP contribution in [-0.2, 0) is 11.2 Å². The summed E-state index contributed by atoms with van der Waals surface area (Å²) >= 11 is 0. The lowest BCUT2D eigenvalue weighted by molar-refractivity contribution is -0.384. The molecule has 0 saturated heterocycles. The van der Waals surface area contributed by atoms with E-state index in [-0.39, 0.29) is 10.6 Å². The predicted molar refractivity (Wildman–Crippen MR) is 103 cm³/mol. The Labute approximate surface area is 150 Å². The lowest BCUT2D eigenvalue weighted by atomic mass is 10.1. The minimum absolute atomic E-state index is 0.0939. The summed E-state index contributed by atoms with van der Waals surface area (Å²) in [5, 5.41) is 13.3. The van der Waals surface area contributed by atoms with Crippen molar-refractivity contribution in [3.05, 3.63) is 82.4 Å². The number of fused-ring (bicyclic) bond motifs is 3. The lowest BCUT2D eigenvalue weighted by Crippen LogP contribution is -1.96. The standard InChI is InChI=1S/C21H18N2O3/c1-26-13-12-15-6-11-21-19(14-15)18-4-2-3-5-20(18)22(21)16-7-9-17(10-8-16)23(24)25/h2-11,14H,12-13H2,1H3. The third-order valence-electron chi connectivity index (χ3n) is 4.65. The third kappa shape index (κ3) is 2.72. The van der Waals surface area contributed by atoms with Gasteiger partial charge in [-0.05, 0) is 42.3 Å². The van der Waals surface area contributed by atoms with Crippen LogP contribution in [0, 0.1) is 10.1 Å². The molecule has 130 valence electrons. The highest BCUT2D eigenvalue weighted by atomic mass is 16.6. The van der Waals surface area contributed by atoms with Crippen molar-refractivity contribution >= 4 is 27.5 Å². The van der Waals surface area contributed by atoms with Gasteiger partial charge < -0.3 is 9.30 Å². The zero-order valence-electron chi connectivity index (χ0n) is 14.4. The summed E-state index contributed by atoms with van der Waals surface area (Å²) in [7, 11) is 1.71. The van der Waals surface area contributed by atoms with Crippen molar-refractivity contribution in [1.29, 1.82) is 0 Å². The molecule has 1 aromatic heterocycles. The van der Waals surface area contributed by atoms with Crippen LogP contribution < -0.4 is 0 Å². The van der Waals surface area contributed by atoms with Gasteiger partial charge in [0.25, 0.3) is 5.69 Å². The number of nitrogens with zero attached hydrogens (tertiary/aromatic N) is 2. The maximum atomic E-state index is 10.9. The smallest absolute Gasteiger partial charge is 0.269 e. The van der Waals surface area contributed by atoms with E-state index >= 15 is 0 Å². The quantitative estimate of drug-likeness (QED) is 0.382. The van der Waals surface area contributed by atoms with Crippen LogP contribution in [0.5, 0.6) is 0 Å². The number of benzene rings is 3. The summed E-state index contributed by atoms with van der Waals surface area (Å²) in [6.45, 7) is 0.687. The molecule has 0 N–H and O–H groups in total. The monoisotopic (exact) mass is 346 g/mol. The van der Waals surface area contributed by atoms with Crippen LogP contribution in [0.4, 0.5) is 5.69 Å². The van der Waals surface area contributed by atoms with Gasteiger partial charge in [-0.25, -0.2) is 0 Å². The van der Waals surface area contributed by atoms with Gasteiger partial charge in [0.15, 0.2) is 0 Å². The van der Waals surface area contributed by atoms with Crippen molar-refractivity contribution in [3.63, 3.8) is 0 Å². The van der Waals surface area contributed by atoms with Crippen molar-refractivity contribution in [1.82, 2.24) is 4.57 Å². The van der Waals surface area contributed by atoms with Gasteiger partial charge in [0.2, 0.25) is 0 Å². The largest absolute Gasteiger partial charge is 0.384 e. The number of rotatable bonds is 5.